The van der Waals surface area contributed by atoms with Crippen molar-refractivity contribution in [1.29, 1.82) is 0 Å². The monoisotopic (exact) mass is 364 g/mol. The van der Waals surface area contributed by atoms with E-state index in [1.54, 1.807) is 6.07 Å². The number of anilines is 1. The first kappa shape index (κ1) is 15.0. The molecule has 0 atom stereocenters. The van der Waals surface area contributed by atoms with Gasteiger partial charge in [-0.15, -0.1) is 0 Å². The van der Waals surface area contributed by atoms with Crippen molar-refractivity contribution in [1.82, 2.24) is 9.78 Å². The van der Waals surface area contributed by atoms with Gasteiger partial charge in [0.25, 0.3) is 5.69 Å². The lowest BCUT2D eigenvalue weighted by Crippen LogP contribution is -2.07. The van der Waals surface area contributed by atoms with Crippen LogP contribution in [-0.2, 0) is 6.54 Å². The Labute approximate surface area is 136 Å². The molecule has 0 bridgehead atoms. The van der Waals surface area contributed by atoms with Crippen LogP contribution in [0.4, 0.5) is 11.4 Å². The van der Waals surface area contributed by atoms with Gasteiger partial charge in [-0.3, -0.25) is 14.8 Å². The molecule has 0 aliphatic heterocycles. The molecule has 22 heavy (non-hydrogen) atoms. The first-order valence-corrected chi connectivity index (χ1v) is 8.14. The third kappa shape index (κ3) is 3.30. The number of nitrogens with zero attached hydrogens (tertiary/aromatic N) is 3. The number of nitro benzene ring substituents is 1. The summed E-state index contributed by atoms with van der Waals surface area (Å²) in [5.41, 5.74) is 1.86. The Balaban J connectivity index is 1.64. The molecule has 1 heterocycles. The van der Waals surface area contributed by atoms with Crippen molar-refractivity contribution >= 4 is 27.3 Å². The molecule has 116 valence electrons. The second-order valence-corrected chi connectivity index (χ2v) is 6.35. The van der Waals surface area contributed by atoms with E-state index in [1.165, 1.54) is 37.8 Å². The van der Waals surface area contributed by atoms with E-state index in [0.29, 0.717) is 17.1 Å². The smallest absolute Gasteiger partial charge is 0.270 e. The highest BCUT2D eigenvalue weighted by Gasteiger charge is 2.17. The largest absolute Gasteiger partial charge is 0.378 e. The number of aromatic nitrogens is 2. The molecule has 1 aliphatic rings. The van der Waals surface area contributed by atoms with Crippen LogP contribution < -0.4 is 5.32 Å². The molecule has 1 aromatic heterocycles. The number of non-ortho nitro benzene ring substituents is 1. The summed E-state index contributed by atoms with van der Waals surface area (Å²) in [4.78, 5) is 10.3. The Morgan fingerprint density at radius 2 is 2.14 bits per heavy atom. The zero-order valence-electron chi connectivity index (χ0n) is 12.0. The number of hydrogen-bond acceptors (Lipinski definition) is 4. The minimum Gasteiger partial charge on any atom is -0.378 e. The van der Waals surface area contributed by atoms with Crippen LogP contribution in [0.15, 0.2) is 34.9 Å². The van der Waals surface area contributed by atoms with Crippen molar-refractivity contribution in [2.45, 2.75) is 38.3 Å². The van der Waals surface area contributed by atoms with Crippen molar-refractivity contribution in [3.05, 3.63) is 50.7 Å². The van der Waals surface area contributed by atoms with Gasteiger partial charge in [-0.25, -0.2) is 0 Å². The van der Waals surface area contributed by atoms with Gasteiger partial charge in [-0.2, -0.15) is 5.10 Å². The van der Waals surface area contributed by atoms with Gasteiger partial charge >= 0.3 is 0 Å². The highest BCUT2D eigenvalue weighted by atomic mass is 79.9. The minimum atomic E-state index is -0.405. The number of hydrogen-bond donors (Lipinski definition) is 1. The van der Waals surface area contributed by atoms with E-state index >= 15 is 0 Å². The zero-order valence-corrected chi connectivity index (χ0v) is 13.6. The van der Waals surface area contributed by atoms with Crippen LogP contribution in [0, 0.1) is 10.1 Å². The first-order valence-electron chi connectivity index (χ1n) is 7.35. The Bertz CT molecular complexity index is 680. The fourth-order valence-corrected chi connectivity index (χ4v) is 3.30. The quantitative estimate of drug-likeness (QED) is 0.634. The molecular formula is C15H17BrN4O2. The maximum absolute atomic E-state index is 10.7. The van der Waals surface area contributed by atoms with Crippen LogP contribution >= 0.6 is 15.9 Å². The van der Waals surface area contributed by atoms with E-state index in [1.807, 2.05) is 12.3 Å². The summed E-state index contributed by atoms with van der Waals surface area (Å²) < 4.78 is 2.74. The van der Waals surface area contributed by atoms with Gasteiger partial charge < -0.3 is 5.32 Å². The molecule has 7 heteroatoms. The highest BCUT2D eigenvalue weighted by molar-refractivity contribution is 9.10. The summed E-state index contributed by atoms with van der Waals surface area (Å²) in [6, 6.07) is 7.25. The summed E-state index contributed by atoms with van der Waals surface area (Å²) in [6.45, 7) is 0.593. The van der Waals surface area contributed by atoms with Crippen molar-refractivity contribution in [3.63, 3.8) is 0 Å². The standard InChI is InChI=1S/C15H17BrN4O2/c16-14-9-13(20(21)22)5-6-15(14)17-10-11-7-8-19(18-11)12-3-1-2-4-12/h5-9,12,17H,1-4,10H2. The van der Waals surface area contributed by atoms with Crippen molar-refractivity contribution in [2.75, 3.05) is 5.32 Å². The van der Waals surface area contributed by atoms with E-state index in [9.17, 15) is 10.1 Å². The predicted octanol–water partition coefficient (Wildman–Crippen LogP) is 4.28. The number of nitrogens with one attached hydrogen (secondary N) is 1. The summed E-state index contributed by atoms with van der Waals surface area (Å²) in [5, 5.41) is 18.6. The first-order chi connectivity index (χ1) is 10.6. The van der Waals surface area contributed by atoms with Gasteiger partial charge in [0.15, 0.2) is 0 Å². The maximum Gasteiger partial charge on any atom is 0.270 e. The summed E-state index contributed by atoms with van der Waals surface area (Å²) in [7, 11) is 0. The van der Waals surface area contributed by atoms with Gasteiger partial charge in [0.1, 0.15) is 0 Å². The minimum absolute atomic E-state index is 0.0722. The molecule has 3 rings (SSSR count). The second kappa shape index (κ2) is 6.48. The lowest BCUT2D eigenvalue weighted by Gasteiger charge is -2.09. The SMILES string of the molecule is O=[N+]([O-])c1ccc(NCc2ccn(C3CCCC3)n2)c(Br)c1. The van der Waals surface area contributed by atoms with E-state index in [4.69, 9.17) is 0 Å². The summed E-state index contributed by atoms with van der Waals surface area (Å²) in [6.07, 6.45) is 7.03. The average molecular weight is 365 g/mol. The molecule has 0 radical (unpaired) electrons. The number of benzene rings is 1. The average Bonchev–Trinajstić information content (AvgIpc) is 3.16. The third-order valence-electron chi connectivity index (χ3n) is 3.99. The Kier molecular flexibility index (Phi) is 4.42. The van der Waals surface area contributed by atoms with E-state index < -0.39 is 4.92 Å². The molecule has 1 fully saturated rings. The van der Waals surface area contributed by atoms with Crippen molar-refractivity contribution < 1.29 is 4.92 Å². The molecule has 0 saturated heterocycles. The van der Waals surface area contributed by atoms with E-state index in [2.05, 4.69) is 31.0 Å². The fourth-order valence-electron chi connectivity index (χ4n) is 2.79. The molecule has 1 N–H and O–H groups in total. The van der Waals surface area contributed by atoms with Crippen molar-refractivity contribution in [2.24, 2.45) is 0 Å². The van der Waals surface area contributed by atoms with Crippen LogP contribution in [0.3, 0.4) is 0 Å². The molecule has 2 aromatic rings. The molecule has 1 aliphatic carbocycles. The van der Waals surface area contributed by atoms with Gasteiger partial charge in [0.05, 0.1) is 23.2 Å². The number of halogens is 1. The summed E-state index contributed by atoms with van der Waals surface area (Å²) in [5.74, 6) is 0. The summed E-state index contributed by atoms with van der Waals surface area (Å²) >= 11 is 3.36. The molecule has 6 nitrogen and oxygen atoms in total. The topological polar surface area (TPSA) is 73.0 Å². The van der Waals surface area contributed by atoms with Gasteiger partial charge in [-0.05, 0) is 40.9 Å². The molecule has 1 aromatic carbocycles. The number of rotatable bonds is 5. The van der Waals surface area contributed by atoms with Crippen molar-refractivity contribution in [3.8, 4) is 0 Å². The Morgan fingerprint density at radius 3 is 2.82 bits per heavy atom. The van der Waals surface area contributed by atoms with Gasteiger partial charge in [-0.1, -0.05) is 12.8 Å². The maximum atomic E-state index is 10.7. The fraction of sp³-hybridized carbons (Fsp3) is 0.400. The van der Waals surface area contributed by atoms with Crippen LogP contribution in [0.5, 0.6) is 0 Å². The molecule has 0 unspecified atom stereocenters. The zero-order chi connectivity index (χ0) is 15.5. The molecule has 1 saturated carbocycles. The second-order valence-electron chi connectivity index (χ2n) is 5.50. The molecule has 0 spiro atoms. The molecule has 0 amide bonds. The van der Waals surface area contributed by atoms with E-state index in [-0.39, 0.29) is 5.69 Å². The molecular weight excluding hydrogens is 348 g/mol. The lowest BCUT2D eigenvalue weighted by atomic mass is 10.3. The normalized spacial score (nSPS) is 15.1. The Morgan fingerprint density at radius 1 is 1.36 bits per heavy atom. The lowest BCUT2D eigenvalue weighted by molar-refractivity contribution is -0.384. The third-order valence-corrected chi connectivity index (χ3v) is 4.64. The Hall–Kier alpha value is -1.89. The van der Waals surface area contributed by atoms with Gasteiger partial charge in [0.2, 0.25) is 0 Å². The van der Waals surface area contributed by atoms with Crippen LogP contribution in [0.2, 0.25) is 0 Å². The van der Waals surface area contributed by atoms with E-state index in [0.717, 1.165) is 11.4 Å². The van der Waals surface area contributed by atoms with Gasteiger partial charge in [0, 0.05) is 28.5 Å². The van der Waals surface area contributed by atoms with Crippen LogP contribution in [0.25, 0.3) is 0 Å². The van der Waals surface area contributed by atoms with Crippen LogP contribution in [0.1, 0.15) is 37.4 Å². The van der Waals surface area contributed by atoms with Crippen LogP contribution in [-0.4, -0.2) is 14.7 Å². The highest BCUT2D eigenvalue weighted by Crippen LogP contribution is 2.29. The number of nitro groups is 1. The predicted molar refractivity (Wildman–Crippen MR) is 87.9 cm³/mol.